The van der Waals surface area contributed by atoms with Gasteiger partial charge in [0, 0.05) is 18.0 Å². The maximum absolute atomic E-state index is 13.5. The van der Waals surface area contributed by atoms with Crippen molar-refractivity contribution in [2.24, 2.45) is 5.92 Å². The molecule has 152 valence electrons. The van der Waals surface area contributed by atoms with Gasteiger partial charge in [-0.3, -0.25) is 9.59 Å². The van der Waals surface area contributed by atoms with E-state index in [1.807, 2.05) is 41.8 Å². The van der Waals surface area contributed by atoms with Crippen LogP contribution >= 0.6 is 11.3 Å². The summed E-state index contributed by atoms with van der Waals surface area (Å²) in [5, 5.41) is 1.96. The number of nitrogens with zero attached hydrogens (tertiary/aromatic N) is 2. The van der Waals surface area contributed by atoms with Crippen molar-refractivity contribution >= 4 is 34.4 Å². The molecule has 1 saturated heterocycles. The Hall–Kier alpha value is -2.40. The fourth-order valence-electron chi connectivity index (χ4n) is 4.19. The van der Waals surface area contributed by atoms with E-state index in [-0.39, 0.29) is 17.2 Å². The Kier molecular flexibility index (Phi) is 5.11. The fourth-order valence-corrected chi connectivity index (χ4v) is 4.95. The lowest BCUT2D eigenvalue weighted by molar-refractivity contribution is -0.120. The van der Waals surface area contributed by atoms with Crippen LogP contribution in [0.25, 0.3) is 5.57 Å². The largest absolute Gasteiger partial charge is 0.366 e. The van der Waals surface area contributed by atoms with Crippen molar-refractivity contribution in [1.82, 2.24) is 4.90 Å². The molecule has 1 aromatic heterocycles. The standard InChI is InChI=1S/C24H28N2O2S/c1-16-7-5-13-25(15-16)21-20(19-8-6-14-29-19)22(27)26(23(21)28)18-11-9-17(10-12-18)24(2,3)4/h6,8-12,14,16H,5,7,13,15H2,1-4H3. The van der Waals surface area contributed by atoms with Gasteiger partial charge in [-0.05, 0) is 53.3 Å². The molecule has 5 heteroatoms. The summed E-state index contributed by atoms with van der Waals surface area (Å²) in [5.41, 5.74) is 2.97. The number of carbonyl (C=O) groups is 2. The summed E-state index contributed by atoms with van der Waals surface area (Å²) in [7, 11) is 0. The van der Waals surface area contributed by atoms with Crippen LogP contribution in [0.2, 0.25) is 0 Å². The van der Waals surface area contributed by atoms with Crippen LogP contribution in [0.5, 0.6) is 0 Å². The average Bonchev–Trinajstić information content (AvgIpc) is 3.27. The van der Waals surface area contributed by atoms with Gasteiger partial charge in [-0.2, -0.15) is 0 Å². The quantitative estimate of drug-likeness (QED) is 0.667. The summed E-state index contributed by atoms with van der Waals surface area (Å²) in [4.78, 5) is 31.3. The Morgan fingerprint density at radius 2 is 1.76 bits per heavy atom. The second-order valence-corrected chi connectivity index (χ2v) is 10.1. The number of thiophene rings is 1. The number of amides is 2. The molecule has 4 rings (SSSR count). The molecule has 1 aromatic carbocycles. The molecule has 2 aromatic rings. The molecule has 2 aliphatic heterocycles. The van der Waals surface area contributed by atoms with E-state index < -0.39 is 0 Å². The summed E-state index contributed by atoms with van der Waals surface area (Å²) in [6.07, 6.45) is 2.21. The first kappa shape index (κ1) is 19.9. The van der Waals surface area contributed by atoms with Crippen molar-refractivity contribution in [3.63, 3.8) is 0 Å². The Balaban J connectivity index is 1.74. The Bertz CT molecular complexity index is 952. The van der Waals surface area contributed by atoms with E-state index in [0.29, 0.717) is 22.9 Å². The first-order valence-corrected chi connectivity index (χ1v) is 11.2. The summed E-state index contributed by atoms with van der Waals surface area (Å²) in [6, 6.07) is 11.7. The topological polar surface area (TPSA) is 40.6 Å². The summed E-state index contributed by atoms with van der Waals surface area (Å²) in [6.45, 7) is 10.3. The summed E-state index contributed by atoms with van der Waals surface area (Å²) < 4.78 is 0. The SMILES string of the molecule is CC1CCCN(C2=C(c3cccs3)C(=O)N(c3ccc(C(C)(C)C)cc3)C2=O)C1. The molecule has 1 unspecified atom stereocenters. The van der Waals surface area contributed by atoms with Gasteiger partial charge in [0.15, 0.2) is 0 Å². The molecule has 4 nitrogen and oxygen atoms in total. The smallest absolute Gasteiger partial charge is 0.282 e. The van der Waals surface area contributed by atoms with Crippen LogP contribution in [0.4, 0.5) is 5.69 Å². The predicted molar refractivity (Wildman–Crippen MR) is 119 cm³/mol. The van der Waals surface area contributed by atoms with E-state index in [0.717, 1.165) is 30.8 Å². The molecule has 0 aliphatic carbocycles. The van der Waals surface area contributed by atoms with Crippen LogP contribution in [0.3, 0.4) is 0 Å². The van der Waals surface area contributed by atoms with Gasteiger partial charge in [0.05, 0.1) is 11.3 Å². The number of hydrogen-bond donors (Lipinski definition) is 0. The van der Waals surface area contributed by atoms with E-state index in [1.54, 1.807) is 0 Å². The van der Waals surface area contributed by atoms with Crippen LogP contribution in [-0.2, 0) is 15.0 Å². The summed E-state index contributed by atoms with van der Waals surface area (Å²) in [5.74, 6) is 0.106. The summed E-state index contributed by atoms with van der Waals surface area (Å²) >= 11 is 1.51. The highest BCUT2D eigenvalue weighted by atomic mass is 32.1. The van der Waals surface area contributed by atoms with Crippen LogP contribution in [-0.4, -0.2) is 29.8 Å². The number of anilines is 1. The van der Waals surface area contributed by atoms with Crippen molar-refractivity contribution in [2.45, 2.75) is 46.0 Å². The highest BCUT2D eigenvalue weighted by Gasteiger charge is 2.43. The highest BCUT2D eigenvalue weighted by Crippen LogP contribution is 2.38. The molecule has 2 amide bonds. The Morgan fingerprint density at radius 3 is 2.34 bits per heavy atom. The number of rotatable bonds is 3. The first-order chi connectivity index (χ1) is 13.8. The van der Waals surface area contributed by atoms with E-state index >= 15 is 0 Å². The molecule has 0 N–H and O–H groups in total. The van der Waals surface area contributed by atoms with Gasteiger partial charge in [-0.25, -0.2) is 4.90 Å². The van der Waals surface area contributed by atoms with Gasteiger partial charge in [0.1, 0.15) is 5.70 Å². The van der Waals surface area contributed by atoms with E-state index in [4.69, 9.17) is 0 Å². The second kappa shape index (κ2) is 7.45. The van der Waals surface area contributed by atoms with Gasteiger partial charge in [0.25, 0.3) is 11.8 Å². The monoisotopic (exact) mass is 408 g/mol. The molecule has 2 aliphatic rings. The lowest BCUT2D eigenvalue weighted by Gasteiger charge is -2.33. The Morgan fingerprint density at radius 1 is 1.03 bits per heavy atom. The average molecular weight is 409 g/mol. The van der Waals surface area contributed by atoms with Crippen molar-refractivity contribution < 1.29 is 9.59 Å². The van der Waals surface area contributed by atoms with Gasteiger partial charge in [-0.1, -0.05) is 45.9 Å². The molecule has 3 heterocycles. The zero-order valence-electron chi connectivity index (χ0n) is 17.6. The van der Waals surface area contributed by atoms with E-state index in [2.05, 4.69) is 32.6 Å². The van der Waals surface area contributed by atoms with Crippen LogP contribution in [0, 0.1) is 5.92 Å². The minimum absolute atomic E-state index is 0.0209. The molecule has 0 bridgehead atoms. The molecular weight excluding hydrogens is 380 g/mol. The lowest BCUT2D eigenvalue weighted by Crippen LogP contribution is -2.39. The third-order valence-electron chi connectivity index (χ3n) is 5.79. The zero-order valence-corrected chi connectivity index (χ0v) is 18.4. The normalized spacial score (nSPS) is 20.8. The minimum Gasteiger partial charge on any atom is -0.366 e. The maximum atomic E-state index is 13.5. The number of hydrogen-bond acceptors (Lipinski definition) is 4. The fraction of sp³-hybridized carbons (Fsp3) is 0.417. The third-order valence-corrected chi connectivity index (χ3v) is 6.68. The van der Waals surface area contributed by atoms with Gasteiger partial charge >= 0.3 is 0 Å². The molecule has 0 spiro atoms. The number of imide groups is 1. The van der Waals surface area contributed by atoms with Gasteiger partial charge in [0.2, 0.25) is 0 Å². The van der Waals surface area contributed by atoms with Crippen LogP contribution < -0.4 is 4.90 Å². The number of likely N-dealkylation sites (tertiary alicyclic amines) is 1. The van der Waals surface area contributed by atoms with Crippen molar-refractivity contribution in [1.29, 1.82) is 0 Å². The molecule has 29 heavy (non-hydrogen) atoms. The molecule has 0 radical (unpaired) electrons. The van der Waals surface area contributed by atoms with Crippen molar-refractivity contribution in [3.8, 4) is 0 Å². The lowest BCUT2D eigenvalue weighted by atomic mass is 9.87. The minimum atomic E-state index is -0.214. The maximum Gasteiger partial charge on any atom is 0.282 e. The number of benzene rings is 1. The van der Waals surface area contributed by atoms with Gasteiger partial charge < -0.3 is 4.90 Å². The molecule has 1 fully saturated rings. The third kappa shape index (κ3) is 3.64. The highest BCUT2D eigenvalue weighted by molar-refractivity contribution is 7.11. The molecule has 0 saturated carbocycles. The van der Waals surface area contributed by atoms with Crippen LogP contribution in [0.15, 0.2) is 47.5 Å². The van der Waals surface area contributed by atoms with Crippen molar-refractivity contribution in [3.05, 3.63) is 57.9 Å². The number of carbonyl (C=O) groups excluding carboxylic acids is 2. The first-order valence-electron chi connectivity index (χ1n) is 10.3. The molecule has 1 atom stereocenters. The van der Waals surface area contributed by atoms with E-state index in [9.17, 15) is 9.59 Å². The van der Waals surface area contributed by atoms with Gasteiger partial charge in [-0.15, -0.1) is 11.3 Å². The van der Waals surface area contributed by atoms with Crippen LogP contribution in [0.1, 0.15) is 51.0 Å². The van der Waals surface area contributed by atoms with Crippen molar-refractivity contribution in [2.75, 3.05) is 18.0 Å². The Labute approximate surface area is 176 Å². The zero-order chi connectivity index (χ0) is 20.8. The number of piperidine rings is 1. The molecular formula is C24H28N2O2S. The second-order valence-electron chi connectivity index (χ2n) is 9.14. The van der Waals surface area contributed by atoms with E-state index in [1.165, 1.54) is 21.8 Å². The predicted octanol–water partition coefficient (Wildman–Crippen LogP) is 5.06.